The van der Waals surface area contributed by atoms with Gasteiger partial charge in [-0.2, -0.15) is 5.10 Å². The second-order valence-corrected chi connectivity index (χ2v) is 10.2. The lowest BCUT2D eigenvalue weighted by Crippen LogP contribution is -2.54. The largest absolute Gasteiger partial charge is 0.446 e. The molecular weight excluding hydrogens is 458 g/mol. The number of benzene rings is 1. The van der Waals surface area contributed by atoms with Crippen LogP contribution in [0.5, 0.6) is 0 Å². The molecule has 2 N–H and O–H groups in total. The van der Waals surface area contributed by atoms with Gasteiger partial charge in [-0.3, -0.25) is 19.3 Å². The fourth-order valence-corrected chi connectivity index (χ4v) is 4.15. The van der Waals surface area contributed by atoms with E-state index in [4.69, 9.17) is 14.6 Å². The van der Waals surface area contributed by atoms with Crippen LogP contribution in [-0.4, -0.2) is 60.3 Å². The highest BCUT2D eigenvalue weighted by Crippen LogP contribution is 2.24. The number of hydrogen-bond acceptors (Lipinski definition) is 6. The third-order valence-electron chi connectivity index (χ3n) is 6.40. The van der Waals surface area contributed by atoms with Gasteiger partial charge in [-0.25, -0.2) is 0 Å². The summed E-state index contributed by atoms with van der Waals surface area (Å²) in [5, 5.41) is 11.2. The topological polar surface area (TPSA) is 107 Å². The van der Waals surface area contributed by atoms with E-state index in [2.05, 4.69) is 15.6 Å². The number of allylic oxidation sites excluding steroid dienone is 2. The van der Waals surface area contributed by atoms with E-state index in [1.807, 2.05) is 69.6 Å². The van der Waals surface area contributed by atoms with E-state index in [0.29, 0.717) is 23.3 Å². The maximum atomic E-state index is 13.5. The maximum absolute atomic E-state index is 13.5. The molecule has 2 heterocycles. The van der Waals surface area contributed by atoms with Gasteiger partial charge < -0.3 is 20.1 Å². The number of nitrogens with zero attached hydrogens (tertiary/aromatic N) is 3. The van der Waals surface area contributed by atoms with Crippen molar-refractivity contribution in [1.82, 2.24) is 20.4 Å². The minimum atomic E-state index is -0.787. The predicted molar refractivity (Wildman–Crippen MR) is 145 cm³/mol. The van der Waals surface area contributed by atoms with Crippen molar-refractivity contribution >= 4 is 28.6 Å². The summed E-state index contributed by atoms with van der Waals surface area (Å²) in [4.78, 5) is 30.7. The molecule has 9 nitrogen and oxygen atoms in total. The number of carbonyl (C=O) groups is 2. The second kappa shape index (κ2) is 12.2. The molecule has 1 aromatic heterocycles. The van der Waals surface area contributed by atoms with E-state index >= 15 is 0 Å². The number of ether oxygens (including phenoxy) is 2. The van der Waals surface area contributed by atoms with Crippen LogP contribution in [0.2, 0.25) is 0 Å². The van der Waals surface area contributed by atoms with Crippen molar-refractivity contribution < 1.29 is 21.9 Å². The van der Waals surface area contributed by atoms with Crippen LogP contribution in [0.15, 0.2) is 41.1 Å². The standard InChI is InChI=1S/C27H39N5O4.2H2/c1-7-18(2)36-22(28-6)16-29-26(34)24(27(3,4)5)30-25(33)23-20-10-8-9-11-21(20)32(31-23)17-19-12-14-35-15-13-19;;/h7-11,19,24H,12-17H2,1-6H3,(H,29,34)(H,30,33);2*1H/b18-7+,28-22?;;. The Morgan fingerprint density at radius 2 is 2.00 bits per heavy atom. The Balaban J connectivity index is 0.00000361. The first-order chi connectivity index (χ1) is 17.1. The predicted octanol–water partition coefficient (Wildman–Crippen LogP) is 4.18. The molecule has 3 rings (SSSR count). The SMILES string of the molecule is C/C=C(\C)OC(CNC(=O)C(NC(=O)c1nn(CC2CCOCC2)c2ccccc12)C(C)(C)C)=NC.[HH].[HH]. The van der Waals surface area contributed by atoms with Gasteiger partial charge in [0.25, 0.3) is 5.91 Å². The Labute approximate surface area is 216 Å². The number of aromatic nitrogens is 2. The molecule has 9 heteroatoms. The number of carbonyl (C=O) groups excluding carboxylic acids is 2. The molecule has 0 bridgehead atoms. The molecule has 36 heavy (non-hydrogen) atoms. The molecular formula is C27H43N5O4. The minimum Gasteiger partial charge on any atom is -0.446 e. The normalized spacial score (nSPS) is 16.6. The smallest absolute Gasteiger partial charge is 0.273 e. The van der Waals surface area contributed by atoms with E-state index in [0.717, 1.165) is 43.5 Å². The van der Waals surface area contributed by atoms with Crippen LogP contribution >= 0.6 is 0 Å². The van der Waals surface area contributed by atoms with Crippen LogP contribution in [0.25, 0.3) is 10.9 Å². The van der Waals surface area contributed by atoms with Gasteiger partial charge in [0.2, 0.25) is 11.8 Å². The lowest BCUT2D eigenvalue weighted by atomic mass is 9.86. The van der Waals surface area contributed by atoms with Crippen LogP contribution in [0.4, 0.5) is 0 Å². The average molecular weight is 502 g/mol. The highest BCUT2D eigenvalue weighted by molar-refractivity contribution is 6.06. The van der Waals surface area contributed by atoms with Crippen molar-refractivity contribution in [2.24, 2.45) is 16.3 Å². The van der Waals surface area contributed by atoms with E-state index < -0.39 is 11.5 Å². The molecule has 1 aliphatic rings. The van der Waals surface area contributed by atoms with Crippen molar-refractivity contribution in [2.75, 3.05) is 26.8 Å². The fourth-order valence-electron chi connectivity index (χ4n) is 4.15. The zero-order valence-electron chi connectivity index (χ0n) is 22.3. The Morgan fingerprint density at radius 3 is 2.64 bits per heavy atom. The summed E-state index contributed by atoms with van der Waals surface area (Å²) in [5.41, 5.74) is 0.692. The summed E-state index contributed by atoms with van der Waals surface area (Å²) in [6.45, 7) is 11.8. The Kier molecular flexibility index (Phi) is 9.25. The van der Waals surface area contributed by atoms with Gasteiger partial charge in [0, 0.05) is 35.0 Å². The van der Waals surface area contributed by atoms with Crippen LogP contribution < -0.4 is 10.6 Å². The molecule has 0 spiro atoms. The van der Waals surface area contributed by atoms with Crippen molar-refractivity contribution in [3.8, 4) is 0 Å². The van der Waals surface area contributed by atoms with Crippen LogP contribution in [0.3, 0.4) is 0 Å². The molecule has 1 unspecified atom stereocenters. The average Bonchev–Trinajstić information content (AvgIpc) is 3.23. The Morgan fingerprint density at radius 1 is 1.31 bits per heavy atom. The molecule has 1 aromatic carbocycles. The summed E-state index contributed by atoms with van der Waals surface area (Å²) in [7, 11) is 1.61. The van der Waals surface area contributed by atoms with Gasteiger partial charge in [0.05, 0.1) is 17.8 Å². The summed E-state index contributed by atoms with van der Waals surface area (Å²) < 4.78 is 13.0. The summed E-state index contributed by atoms with van der Waals surface area (Å²) in [6.07, 6.45) is 3.77. The first kappa shape index (κ1) is 27.4. The highest BCUT2D eigenvalue weighted by atomic mass is 16.5. The summed E-state index contributed by atoms with van der Waals surface area (Å²) in [5.74, 6) is 0.834. The van der Waals surface area contributed by atoms with Crippen molar-refractivity contribution in [3.63, 3.8) is 0 Å². The first-order valence-corrected chi connectivity index (χ1v) is 12.5. The highest BCUT2D eigenvalue weighted by Gasteiger charge is 2.34. The first-order valence-electron chi connectivity index (χ1n) is 12.5. The summed E-state index contributed by atoms with van der Waals surface area (Å²) in [6, 6.07) is 6.93. The lowest BCUT2D eigenvalue weighted by Gasteiger charge is -2.30. The molecule has 1 saturated heterocycles. The Hall–Kier alpha value is -3.20. The van der Waals surface area contributed by atoms with Gasteiger partial charge in [-0.05, 0) is 50.2 Å². The van der Waals surface area contributed by atoms with Gasteiger partial charge in [0.15, 0.2) is 5.69 Å². The van der Waals surface area contributed by atoms with Crippen molar-refractivity contribution in [3.05, 3.63) is 41.8 Å². The quantitative estimate of drug-likeness (QED) is 0.321. The molecule has 0 radical (unpaired) electrons. The maximum Gasteiger partial charge on any atom is 0.273 e. The van der Waals surface area contributed by atoms with Crippen LogP contribution in [0, 0.1) is 11.3 Å². The van der Waals surface area contributed by atoms with Crippen molar-refractivity contribution in [1.29, 1.82) is 0 Å². The van der Waals surface area contributed by atoms with Crippen LogP contribution in [-0.2, 0) is 20.8 Å². The third kappa shape index (κ3) is 6.94. The van der Waals surface area contributed by atoms with Gasteiger partial charge in [-0.15, -0.1) is 0 Å². The number of aliphatic imine (C=N–C) groups is 1. The molecule has 1 atom stereocenters. The minimum absolute atomic E-state index is 0. The van der Waals surface area contributed by atoms with E-state index in [1.165, 1.54) is 0 Å². The molecule has 1 aliphatic heterocycles. The van der Waals surface area contributed by atoms with E-state index in [1.54, 1.807) is 7.05 Å². The zero-order valence-corrected chi connectivity index (χ0v) is 22.3. The molecule has 2 aromatic rings. The fraction of sp³-hybridized carbons (Fsp3) is 0.556. The van der Waals surface area contributed by atoms with E-state index in [-0.39, 0.29) is 21.2 Å². The van der Waals surface area contributed by atoms with Gasteiger partial charge >= 0.3 is 0 Å². The van der Waals surface area contributed by atoms with Gasteiger partial charge in [0.1, 0.15) is 6.04 Å². The second-order valence-electron chi connectivity index (χ2n) is 10.2. The monoisotopic (exact) mass is 501 g/mol. The molecule has 2 amide bonds. The third-order valence-corrected chi connectivity index (χ3v) is 6.40. The van der Waals surface area contributed by atoms with Crippen molar-refractivity contribution in [2.45, 2.75) is 60.0 Å². The molecule has 0 aliphatic carbocycles. The summed E-state index contributed by atoms with van der Waals surface area (Å²) >= 11 is 0. The van der Waals surface area contributed by atoms with Crippen LogP contribution in [0.1, 0.15) is 60.8 Å². The van der Waals surface area contributed by atoms with E-state index in [9.17, 15) is 9.59 Å². The lowest BCUT2D eigenvalue weighted by molar-refractivity contribution is -0.125. The number of fused-ring (bicyclic) bond motifs is 1. The number of hydrogen-bond donors (Lipinski definition) is 2. The number of nitrogens with one attached hydrogen (secondary N) is 2. The molecule has 1 fully saturated rings. The zero-order chi connectivity index (χ0) is 26.3. The number of rotatable bonds is 8. The Bertz CT molecular complexity index is 1130. The van der Waals surface area contributed by atoms with Gasteiger partial charge in [-0.1, -0.05) is 39.0 Å². The number of amides is 2. The number of para-hydroxylation sites is 1. The molecule has 200 valence electrons. The molecule has 0 saturated carbocycles.